The Morgan fingerprint density at radius 2 is 2.12 bits per heavy atom. The number of likely N-dealkylation sites (tertiary alicyclic amines) is 1. The lowest BCUT2D eigenvalue weighted by molar-refractivity contribution is 0.100. The molecule has 6 nitrogen and oxygen atoms in total. The molecule has 32 heavy (non-hydrogen) atoms. The molecule has 3 fully saturated rings. The zero-order valence-electron chi connectivity index (χ0n) is 18.7. The summed E-state index contributed by atoms with van der Waals surface area (Å²) in [5.41, 5.74) is 2.43. The summed E-state index contributed by atoms with van der Waals surface area (Å²) in [6, 6.07) is 6.17. The standard InChI is InChI=1S/C23H31FN4O2S2/c1-17-13-23(16-26(2)32(29,30)28(23)21-8-4-7-20(24)12-21)9-10-27(17)14-19-15-31-25-22(19)11-18-5-3-6-18/h4,7-8,12,15,17-18H,3,5-6,9-11,13-14,16H2,1-2H3/t17-,23+/m0/s1. The molecule has 0 bridgehead atoms. The maximum atomic E-state index is 14.0. The van der Waals surface area contributed by atoms with Crippen molar-refractivity contribution in [3.05, 3.63) is 46.7 Å². The molecule has 0 unspecified atom stereocenters. The van der Waals surface area contributed by atoms with E-state index in [-0.39, 0.29) is 6.04 Å². The van der Waals surface area contributed by atoms with Gasteiger partial charge in [0.15, 0.2) is 0 Å². The van der Waals surface area contributed by atoms with Gasteiger partial charge in [0, 0.05) is 43.7 Å². The van der Waals surface area contributed by atoms with Crippen LogP contribution in [-0.2, 0) is 23.2 Å². The summed E-state index contributed by atoms with van der Waals surface area (Å²) in [7, 11) is -2.06. The molecule has 3 heterocycles. The van der Waals surface area contributed by atoms with Crippen molar-refractivity contribution >= 4 is 27.4 Å². The van der Waals surface area contributed by atoms with E-state index in [4.69, 9.17) is 0 Å². The average molecular weight is 479 g/mol. The molecule has 2 aromatic rings. The number of anilines is 1. The zero-order valence-corrected chi connectivity index (χ0v) is 20.3. The molecule has 0 N–H and O–H groups in total. The minimum absolute atomic E-state index is 0.206. The molecule has 1 aliphatic carbocycles. The fourth-order valence-electron chi connectivity index (χ4n) is 5.64. The lowest BCUT2D eigenvalue weighted by Gasteiger charge is -2.47. The Morgan fingerprint density at radius 1 is 1.31 bits per heavy atom. The molecule has 2 atom stereocenters. The van der Waals surface area contributed by atoms with Gasteiger partial charge in [0.2, 0.25) is 0 Å². The van der Waals surface area contributed by atoms with E-state index in [1.54, 1.807) is 30.7 Å². The van der Waals surface area contributed by atoms with E-state index in [0.717, 1.165) is 25.4 Å². The number of rotatable bonds is 5. The predicted octanol–water partition coefficient (Wildman–Crippen LogP) is 4.04. The second-order valence-electron chi connectivity index (χ2n) is 9.79. The second-order valence-corrected chi connectivity index (χ2v) is 12.3. The fraction of sp³-hybridized carbons (Fsp3) is 0.609. The van der Waals surface area contributed by atoms with E-state index in [1.165, 1.54) is 51.3 Å². The number of hydrogen-bond acceptors (Lipinski definition) is 5. The van der Waals surface area contributed by atoms with Crippen molar-refractivity contribution in [1.82, 2.24) is 13.6 Å². The molecular formula is C23H31FN4O2S2. The van der Waals surface area contributed by atoms with Crippen LogP contribution in [0.25, 0.3) is 0 Å². The van der Waals surface area contributed by atoms with Gasteiger partial charge in [0.25, 0.3) is 0 Å². The minimum atomic E-state index is -3.68. The molecule has 3 aliphatic rings. The first kappa shape index (κ1) is 22.3. The molecule has 9 heteroatoms. The highest BCUT2D eigenvalue weighted by molar-refractivity contribution is 7.90. The van der Waals surface area contributed by atoms with Crippen molar-refractivity contribution in [1.29, 1.82) is 0 Å². The summed E-state index contributed by atoms with van der Waals surface area (Å²) >= 11 is 1.54. The van der Waals surface area contributed by atoms with Crippen LogP contribution in [0, 0.1) is 11.7 Å². The molecule has 0 amide bonds. The molecular weight excluding hydrogens is 447 g/mol. The molecule has 2 saturated heterocycles. The second kappa shape index (κ2) is 8.34. The van der Waals surface area contributed by atoms with Gasteiger partial charge in [-0.2, -0.15) is 17.1 Å². The maximum Gasteiger partial charge on any atom is 0.304 e. The van der Waals surface area contributed by atoms with Gasteiger partial charge in [-0.1, -0.05) is 25.3 Å². The van der Waals surface area contributed by atoms with E-state index >= 15 is 0 Å². The Bertz CT molecular complexity index is 1090. The van der Waals surface area contributed by atoms with Crippen molar-refractivity contribution in [3.8, 4) is 0 Å². The highest BCUT2D eigenvalue weighted by Crippen LogP contribution is 2.44. The first-order valence-corrected chi connectivity index (χ1v) is 13.7. The average Bonchev–Trinajstić information content (AvgIpc) is 3.20. The Labute approximate surface area is 194 Å². The van der Waals surface area contributed by atoms with Crippen LogP contribution in [0.15, 0.2) is 29.6 Å². The fourth-order valence-corrected chi connectivity index (χ4v) is 8.12. The quantitative estimate of drug-likeness (QED) is 0.651. The van der Waals surface area contributed by atoms with Crippen molar-refractivity contribution in [2.45, 2.75) is 63.6 Å². The van der Waals surface area contributed by atoms with Crippen LogP contribution in [0.4, 0.5) is 10.1 Å². The van der Waals surface area contributed by atoms with Gasteiger partial charge in [-0.15, -0.1) is 0 Å². The summed E-state index contributed by atoms with van der Waals surface area (Å²) in [6.45, 7) is 4.27. The Hall–Kier alpha value is -1.55. The Balaban J connectivity index is 1.36. The molecule has 174 valence electrons. The molecule has 0 radical (unpaired) electrons. The van der Waals surface area contributed by atoms with Gasteiger partial charge < -0.3 is 0 Å². The summed E-state index contributed by atoms with van der Waals surface area (Å²) in [4.78, 5) is 2.45. The van der Waals surface area contributed by atoms with Gasteiger partial charge in [0.05, 0.1) is 16.9 Å². The molecule has 1 spiro atoms. The third kappa shape index (κ3) is 3.87. The van der Waals surface area contributed by atoms with E-state index in [2.05, 4.69) is 21.6 Å². The topological polar surface area (TPSA) is 56.8 Å². The summed E-state index contributed by atoms with van der Waals surface area (Å²) < 4.78 is 48.0. The molecule has 1 aromatic heterocycles. The molecule has 1 saturated carbocycles. The number of likely N-dealkylation sites (N-methyl/N-ethyl adjacent to an activating group) is 1. The third-order valence-corrected chi connectivity index (χ3v) is 10.3. The molecule has 2 aliphatic heterocycles. The lowest BCUT2D eigenvalue weighted by atomic mass is 9.81. The van der Waals surface area contributed by atoms with Crippen LogP contribution < -0.4 is 4.31 Å². The largest absolute Gasteiger partial charge is 0.304 e. The number of hydrogen-bond donors (Lipinski definition) is 0. The minimum Gasteiger partial charge on any atom is -0.296 e. The van der Waals surface area contributed by atoms with Crippen molar-refractivity contribution in [2.75, 3.05) is 24.4 Å². The maximum absolute atomic E-state index is 14.0. The SMILES string of the molecule is C[C@H]1C[C@]2(CCN1Cc1csnc1CC1CCC1)CN(C)S(=O)(=O)N2c1cccc(F)c1. The number of aromatic nitrogens is 1. The number of nitrogens with zero attached hydrogens (tertiary/aromatic N) is 4. The van der Waals surface area contributed by atoms with E-state index in [9.17, 15) is 12.8 Å². The van der Waals surface area contributed by atoms with Gasteiger partial charge in [-0.3, -0.25) is 9.21 Å². The zero-order chi connectivity index (χ0) is 22.5. The third-order valence-electron chi connectivity index (χ3n) is 7.59. The summed E-state index contributed by atoms with van der Waals surface area (Å²) in [5, 5.41) is 2.18. The van der Waals surface area contributed by atoms with Crippen molar-refractivity contribution in [3.63, 3.8) is 0 Å². The van der Waals surface area contributed by atoms with Gasteiger partial charge in [0.1, 0.15) is 5.82 Å². The Kier molecular flexibility index (Phi) is 5.80. The number of halogens is 1. The smallest absolute Gasteiger partial charge is 0.296 e. The summed E-state index contributed by atoms with van der Waals surface area (Å²) in [5.74, 6) is 0.369. The van der Waals surface area contributed by atoms with Crippen LogP contribution in [0.5, 0.6) is 0 Å². The van der Waals surface area contributed by atoms with E-state index < -0.39 is 21.6 Å². The van der Waals surface area contributed by atoms with Gasteiger partial charge in [-0.25, -0.2) is 4.39 Å². The first-order valence-electron chi connectivity index (χ1n) is 11.5. The summed E-state index contributed by atoms with van der Waals surface area (Å²) in [6.07, 6.45) is 6.49. The van der Waals surface area contributed by atoms with Crippen molar-refractivity contribution in [2.24, 2.45) is 5.92 Å². The van der Waals surface area contributed by atoms with Crippen LogP contribution in [0.1, 0.15) is 50.3 Å². The molecule has 5 rings (SSSR count). The van der Waals surface area contributed by atoms with E-state index in [0.29, 0.717) is 25.1 Å². The van der Waals surface area contributed by atoms with Crippen LogP contribution >= 0.6 is 11.5 Å². The van der Waals surface area contributed by atoms with Gasteiger partial charge in [-0.05, 0) is 61.8 Å². The van der Waals surface area contributed by atoms with Crippen molar-refractivity contribution < 1.29 is 12.8 Å². The van der Waals surface area contributed by atoms with E-state index in [1.807, 2.05) is 0 Å². The highest BCUT2D eigenvalue weighted by Gasteiger charge is 2.55. The number of benzene rings is 1. The van der Waals surface area contributed by atoms with Crippen LogP contribution in [0.2, 0.25) is 0 Å². The van der Waals surface area contributed by atoms with Gasteiger partial charge >= 0.3 is 10.2 Å². The first-order chi connectivity index (χ1) is 15.3. The molecule has 1 aromatic carbocycles. The lowest BCUT2D eigenvalue weighted by Crippen LogP contribution is -2.57. The monoisotopic (exact) mass is 478 g/mol. The van der Waals surface area contributed by atoms with Crippen LogP contribution in [0.3, 0.4) is 0 Å². The van der Waals surface area contributed by atoms with Crippen LogP contribution in [-0.4, -0.2) is 53.7 Å². The number of piperidine rings is 1. The normalized spacial score (nSPS) is 29.0. The highest BCUT2D eigenvalue weighted by atomic mass is 32.2. The Morgan fingerprint density at radius 3 is 2.81 bits per heavy atom. The predicted molar refractivity (Wildman–Crippen MR) is 125 cm³/mol.